The highest BCUT2D eigenvalue weighted by atomic mass is 35.5. The number of rotatable bonds is 4. The lowest BCUT2D eigenvalue weighted by Crippen LogP contribution is -2.32. The largest absolute Gasteiger partial charge is 0.376 e. The molecule has 2 aromatic carbocycles. The molecule has 0 radical (unpaired) electrons. The number of carbonyl (C=O) groups is 1. The van der Waals surface area contributed by atoms with Crippen molar-refractivity contribution in [3.05, 3.63) is 64.7 Å². The summed E-state index contributed by atoms with van der Waals surface area (Å²) in [5.41, 5.74) is 3.96. The van der Waals surface area contributed by atoms with Crippen LogP contribution < -0.4 is 5.32 Å². The number of halogens is 1. The van der Waals surface area contributed by atoms with Crippen LogP contribution in [0.25, 0.3) is 22.2 Å². The summed E-state index contributed by atoms with van der Waals surface area (Å²) in [5.74, 6) is -0.114. The molecule has 1 amide bonds. The zero-order chi connectivity index (χ0) is 18.8. The standard InChI is InChI=1S/C22H21ClN2O2/c1-14-19(23)10-9-17-18(22(26)24-13-16-8-5-11-27-16)12-20(25-21(14)17)15-6-3-2-4-7-15/h2-4,6-7,9-10,12,16H,5,8,11,13H2,1H3,(H,24,26)/t16-/m0/s1. The normalized spacial score (nSPS) is 16.6. The molecule has 2 heterocycles. The maximum atomic E-state index is 13.0. The Morgan fingerprint density at radius 1 is 1.26 bits per heavy atom. The molecule has 0 aliphatic carbocycles. The fourth-order valence-electron chi connectivity index (χ4n) is 3.46. The van der Waals surface area contributed by atoms with Gasteiger partial charge in [-0.2, -0.15) is 0 Å². The number of benzene rings is 2. The van der Waals surface area contributed by atoms with Gasteiger partial charge in [-0.3, -0.25) is 4.79 Å². The van der Waals surface area contributed by atoms with Gasteiger partial charge < -0.3 is 10.1 Å². The first-order valence-electron chi connectivity index (χ1n) is 9.18. The second-order valence-corrected chi connectivity index (χ2v) is 7.24. The molecule has 1 aromatic heterocycles. The Labute approximate surface area is 163 Å². The van der Waals surface area contributed by atoms with Gasteiger partial charge >= 0.3 is 0 Å². The topological polar surface area (TPSA) is 51.2 Å². The summed E-state index contributed by atoms with van der Waals surface area (Å²) in [4.78, 5) is 17.8. The Morgan fingerprint density at radius 3 is 2.81 bits per heavy atom. The highest BCUT2D eigenvalue weighted by molar-refractivity contribution is 6.32. The fraction of sp³-hybridized carbons (Fsp3) is 0.273. The van der Waals surface area contributed by atoms with Crippen LogP contribution in [0.2, 0.25) is 5.02 Å². The zero-order valence-electron chi connectivity index (χ0n) is 15.2. The van der Waals surface area contributed by atoms with Crippen LogP contribution in [-0.2, 0) is 4.74 Å². The van der Waals surface area contributed by atoms with Gasteiger partial charge in [-0.25, -0.2) is 4.98 Å². The van der Waals surface area contributed by atoms with Crippen LogP contribution in [0.15, 0.2) is 48.5 Å². The lowest BCUT2D eigenvalue weighted by atomic mass is 10.0. The number of nitrogens with zero attached hydrogens (tertiary/aromatic N) is 1. The van der Waals surface area contributed by atoms with Crippen LogP contribution in [0.1, 0.15) is 28.8 Å². The van der Waals surface area contributed by atoms with Gasteiger partial charge in [0.25, 0.3) is 5.91 Å². The maximum absolute atomic E-state index is 13.0. The van der Waals surface area contributed by atoms with E-state index in [9.17, 15) is 4.79 Å². The van der Waals surface area contributed by atoms with Gasteiger partial charge in [0.05, 0.1) is 22.9 Å². The van der Waals surface area contributed by atoms with Crippen molar-refractivity contribution in [3.63, 3.8) is 0 Å². The molecule has 1 aliphatic heterocycles. The van der Waals surface area contributed by atoms with Crippen LogP contribution in [0.3, 0.4) is 0 Å². The van der Waals surface area contributed by atoms with E-state index in [1.807, 2.05) is 55.5 Å². The number of hydrogen-bond donors (Lipinski definition) is 1. The lowest BCUT2D eigenvalue weighted by Gasteiger charge is -2.14. The molecule has 1 fully saturated rings. The van der Waals surface area contributed by atoms with Crippen LogP contribution in [-0.4, -0.2) is 30.1 Å². The van der Waals surface area contributed by atoms with E-state index in [4.69, 9.17) is 21.3 Å². The van der Waals surface area contributed by atoms with E-state index in [0.29, 0.717) is 17.1 Å². The SMILES string of the molecule is Cc1c(Cl)ccc2c(C(=O)NC[C@@H]3CCCO3)cc(-c3ccccc3)nc12. The van der Waals surface area contributed by atoms with Crippen molar-refractivity contribution in [1.29, 1.82) is 0 Å². The third-order valence-corrected chi connectivity index (χ3v) is 5.41. The fourth-order valence-corrected chi connectivity index (χ4v) is 3.61. The van der Waals surface area contributed by atoms with Crippen molar-refractivity contribution >= 4 is 28.4 Å². The molecule has 1 aliphatic rings. The Kier molecular flexibility index (Phi) is 5.10. The summed E-state index contributed by atoms with van der Waals surface area (Å²) >= 11 is 6.31. The molecule has 0 unspecified atom stereocenters. The Hall–Kier alpha value is -2.43. The van der Waals surface area contributed by atoms with E-state index in [1.54, 1.807) is 0 Å². The van der Waals surface area contributed by atoms with Crippen LogP contribution in [0.4, 0.5) is 0 Å². The number of amides is 1. The molecule has 3 aromatic rings. The summed E-state index contributed by atoms with van der Waals surface area (Å²) < 4.78 is 5.61. The molecule has 0 saturated carbocycles. The number of aromatic nitrogens is 1. The number of ether oxygens (including phenoxy) is 1. The van der Waals surface area contributed by atoms with Crippen molar-refractivity contribution in [1.82, 2.24) is 10.3 Å². The Morgan fingerprint density at radius 2 is 2.07 bits per heavy atom. The second-order valence-electron chi connectivity index (χ2n) is 6.83. The molecular weight excluding hydrogens is 360 g/mol. The predicted octanol–water partition coefficient (Wildman–Crippen LogP) is 4.77. The number of nitrogens with one attached hydrogen (secondary N) is 1. The molecule has 1 N–H and O–H groups in total. The van der Waals surface area contributed by atoms with E-state index >= 15 is 0 Å². The first kappa shape index (κ1) is 18.0. The highest BCUT2D eigenvalue weighted by Gasteiger charge is 2.19. The van der Waals surface area contributed by atoms with Gasteiger partial charge in [0, 0.05) is 29.1 Å². The van der Waals surface area contributed by atoms with Gasteiger partial charge in [0.2, 0.25) is 0 Å². The number of fused-ring (bicyclic) bond motifs is 1. The summed E-state index contributed by atoms with van der Waals surface area (Å²) in [7, 11) is 0. The smallest absolute Gasteiger partial charge is 0.252 e. The molecule has 4 rings (SSSR count). The summed E-state index contributed by atoms with van der Waals surface area (Å²) in [6, 6.07) is 15.4. The molecule has 5 heteroatoms. The molecule has 0 spiro atoms. The summed E-state index contributed by atoms with van der Waals surface area (Å²) in [5, 5.41) is 4.47. The van der Waals surface area contributed by atoms with E-state index < -0.39 is 0 Å². The molecule has 1 atom stereocenters. The summed E-state index contributed by atoms with van der Waals surface area (Å²) in [6.45, 7) is 3.23. The van der Waals surface area contributed by atoms with Crippen molar-refractivity contribution in [2.75, 3.05) is 13.2 Å². The monoisotopic (exact) mass is 380 g/mol. The average molecular weight is 381 g/mol. The van der Waals surface area contributed by atoms with Crippen LogP contribution in [0.5, 0.6) is 0 Å². The molecule has 4 nitrogen and oxygen atoms in total. The first-order valence-corrected chi connectivity index (χ1v) is 9.56. The quantitative estimate of drug-likeness (QED) is 0.709. The van der Waals surface area contributed by atoms with Gasteiger partial charge in [-0.05, 0) is 37.5 Å². The van der Waals surface area contributed by atoms with Crippen molar-refractivity contribution < 1.29 is 9.53 Å². The maximum Gasteiger partial charge on any atom is 0.252 e. The van der Waals surface area contributed by atoms with Crippen LogP contribution >= 0.6 is 11.6 Å². The van der Waals surface area contributed by atoms with E-state index in [0.717, 1.165) is 47.2 Å². The number of carbonyl (C=O) groups excluding carboxylic acids is 1. The zero-order valence-corrected chi connectivity index (χ0v) is 15.9. The third-order valence-electron chi connectivity index (χ3n) is 5.00. The minimum atomic E-state index is -0.114. The van der Waals surface area contributed by atoms with Crippen molar-refractivity contribution in [2.45, 2.75) is 25.9 Å². The average Bonchev–Trinajstić information content (AvgIpc) is 3.22. The van der Waals surface area contributed by atoms with Crippen LogP contribution in [0, 0.1) is 6.92 Å². The second kappa shape index (κ2) is 7.67. The Bertz CT molecular complexity index is 983. The number of hydrogen-bond acceptors (Lipinski definition) is 3. The molecular formula is C22H21ClN2O2. The van der Waals surface area contributed by atoms with Gasteiger partial charge in [0.1, 0.15) is 0 Å². The van der Waals surface area contributed by atoms with Crippen molar-refractivity contribution in [3.8, 4) is 11.3 Å². The predicted molar refractivity (Wildman–Crippen MR) is 108 cm³/mol. The molecule has 1 saturated heterocycles. The van der Waals surface area contributed by atoms with Gasteiger partial charge in [0.15, 0.2) is 0 Å². The number of pyridine rings is 1. The third kappa shape index (κ3) is 3.68. The minimum absolute atomic E-state index is 0.104. The van der Waals surface area contributed by atoms with Gasteiger partial charge in [-0.15, -0.1) is 0 Å². The number of aryl methyl sites for hydroxylation is 1. The Balaban J connectivity index is 1.77. The minimum Gasteiger partial charge on any atom is -0.376 e. The molecule has 138 valence electrons. The highest BCUT2D eigenvalue weighted by Crippen LogP contribution is 2.30. The molecule has 0 bridgehead atoms. The molecule has 27 heavy (non-hydrogen) atoms. The first-order chi connectivity index (χ1) is 13.1. The van der Waals surface area contributed by atoms with E-state index in [1.165, 1.54) is 0 Å². The van der Waals surface area contributed by atoms with E-state index in [2.05, 4.69) is 5.32 Å². The van der Waals surface area contributed by atoms with Gasteiger partial charge in [-0.1, -0.05) is 48.0 Å². The lowest BCUT2D eigenvalue weighted by molar-refractivity contribution is 0.0859. The summed E-state index contributed by atoms with van der Waals surface area (Å²) in [6.07, 6.45) is 2.14. The van der Waals surface area contributed by atoms with Crippen molar-refractivity contribution in [2.24, 2.45) is 0 Å². The van der Waals surface area contributed by atoms with E-state index in [-0.39, 0.29) is 12.0 Å².